The van der Waals surface area contributed by atoms with Crippen molar-refractivity contribution >= 4 is 0 Å². The molecule has 18 heavy (non-hydrogen) atoms. The van der Waals surface area contributed by atoms with Gasteiger partial charge < -0.3 is 14.5 Å². The molecule has 0 unspecified atom stereocenters. The summed E-state index contributed by atoms with van der Waals surface area (Å²) in [7, 11) is 0. The second-order valence-electron chi connectivity index (χ2n) is 4.27. The van der Waals surface area contributed by atoms with E-state index in [1.807, 2.05) is 12.3 Å². The number of hydrogen-bond acceptors (Lipinski definition) is 2. The van der Waals surface area contributed by atoms with Crippen LogP contribution in [0, 0.1) is 0 Å². The highest BCUT2D eigenvalue weighted by Gasteiger charge is 1.98. The van der Waals surface area contributed by atoms with E-state index < -0.39 is 0 Å². The van der Waals surface area contributed by atoms with Gasteiger partial charge in [0.1, 0.15) is 0 Å². The minimum absolute atomic E-state index is 0.0533. The third kappa shape index (κ3) is 3.34. The lowest BCUT2D eigenvalue weighted by Gasteiger charge is -2.06. The molecule has 0 saturated heterocycles. The largest absolute Gasteiger partial charge is 0.352 e. The fourth-order valence-electron chi connectivity index (χ4n) is 1.87. The lowest BCUT2D eigenvalue weighted by atomic mass is 10.3. The number of nitrogens with one attached hydrogen (secondary N) is 1. The van der Waals surface area contributed by atoms with Crippen molar-refractivity contribution < 1.29 is 0 Å². The van der Waals surface area contributed by atoms with Crippen LogP contribution in [0.2, 0.25) is 0 Å². The zero-order valence-corrected chi connectivity index (χ0v) is 10.7. The van der Waals surface area contributed by atoms with Gasteiger partial charge in [0.2, 0.25) is 0 Å². The zero-order chi connectivity index (χ0) is 12.8. The number of hydrogen-bond donors (Lipinski definition) is 1. The average molecular weight is 245 g/mol. The first kappa shape index (κ1) is 12.6. The van der Waals surface area contributed by atoms with Crippen LogP contribution in [0.1, 0.15) is 12.5 Å². The van der Waals surface area contributed by atoms with Gasteiger partial charge in [-0.2, -0.15) is 0 Å². The van der Waals surface area contributed by atoms with E-state index in [0.29, 0.717) is 6.54 Å². The maximum absolute atomic E-state index is 11.5. The summed E-state index contributed by atoms with van der Waals surface area (Å²) in [5.74, 6) is 0. The molecule has 0 aliphatic rings. The monoisotopic (exact) mass is 245 g/mol. The topological polar surface area (TPSA) is 39.0 Å². The van der Waals surface area contributed by atoms with Crippen molar-refractivity contribution in [2.45, 2.75) is 26.6 Å². The summed E-state index contributed by atoms with van der Waals surface area (Å²) >= 11 is 0. The molecule has 0 spiro atoms. The van der Waals surface area contributed by atoms with E-state index in [1.54, 1.807) is 16.7 Å². The lowest BCUT2D eigenvalue weighted by molar-refractivity contribution is 0.565. The number of nitrogens with zero attached hydrogens (tertiary/aromatic N) is 2. The Morgan fingerprint density at radius 2 is 2.06 bits per heavy atom. The van der Waals surface area contributed by atoms with E-state index >= 15 is 0 Å². The molecule has 4 heteroatoms. The summed E-state index contributed by atoms with van der Waals surface area (Å²) in [6.45, 7) is 5.49. The maximum Gasteiger partial charge on any atom is 0.250 e. The second-order valence-corrected chi connectivity index (χ2v) is 4.27. The Bertz CT molecular complexity index is 542. The van der Waals surface area contributed by atoms with E-state index in [9.17, 15) is 4.79 Å². The standard InChI is InChI=1S/C14H19N3O/c1-2-15-11-13-6-8-16(12-13)9-10-17-7-4-3-5-14(17)18/h3-8,12,15H,2,9-11H2,1H3. The van der Waals surface area contributed by atoms with Crippen LogP contribution >= 0.6 is 0 Å². The third-order valence-electron chi connectivity index (χ3n) is 2.89. The number of rotatable bonds is 6. The second kappa shape index (κ2) is 6.21. The Labute approximate surface area is 107 Å². The molecule has 0 radical (unpaired) electrons. The molecule has 96 valence electrons. The third-order valence-corrected chi connectivity index (χ3v) is 2.89. The van der Waals surface area contributed by atoms with Gasteiger partial charge in [-0.15, -0.1) is 0 Å². The van der Waals surface area contributed by atoms with Crippen LogP contribution in [-0.2, 0) is 19.6 Å². The molecule has 0 amide bonds. The molecule has 4 nitrogen and oxygen atoms in total. The first-order chi connectivity index (χ1) is 8.79. The van der Waals surface area contributed by atoms with Crippen molar-refractivity contribution in [3.05, 3.63) is 58.8 Å². The van der Waals surface area contributed by atoms with Crippen molar-refractivity contribution in [2.75, 3.05) is 6.54 Å². The highest BCUT2D eigenvalue weighted by molar-refractivity contribution is 5.09. The molecule has 2 heterocycles. The fourth-order valence-corrected chi connectivity index (χ4v) is 1.87. The first-order valence-electron chi connectivity index (χ1n) is 6.30. The van der Waals surface area contributed by atoms with Crippen molar-refractivity contribution in [3.8, 4) is 0 Å². The van der Waals surface area contributed by atoms with Gasteiger partial charge in [-0.3, -0.25) is 4.79 Å². The van der Waals surface area contributed by atoms with E-state index in [1.165, 1.54) is 5.56 Å². The zero-order valence-electron chi connectivity index (χ0n) is 10.7. The minimum Gasteiger partial charge on any atom is -0.352 e. The lowest BCUT2D eigenvalue weighted by Crippen LogP contribution is -2.20. The Morgan fingerprint density at radius 3 is 2.83 bits per heavy atom. The molecule has 0 saturated carbocycles. The summed E-state index contributed by atoms with van der Waals surface area (Å²) in [6.07, 6.45) is 6.00. The van der Waals surface area contributed by atoms with Gasteiger partial charge in [0.15, 0.2) is 0 Å². The van der Waals surface area contributed by atoms with Gasteiger partial charge in [0.05, 0.1) is 0 Å². The van der Waals surface area contributed by atoms with Crippen LogP contribution in [0.5, 0.6) is 0 Å². The molecule has 0 bridgehead atoms. The Hall–Kier alpha value is -1.81. The van der Waals surface area contributed by atoms with Crippen molar-refractivity contribution in [1.29, 1.82) is 0 Å². The molecule has 0 fully saturated rings. The van der Waals surface area contributed by atoms with Gasteiger partial charge in [0.25, 0.3) is 5.56 Å². The SMILES string of the molecule is CCNCc1ccn(CCn2ccccc2=O)c1. The van der Waals surface area contributed by atoms with Crippen molar-refractivity contribution in [2.24, 2.45) is 0 Å². The van der Waals surface area contributed by atoms with Crippen LogP contribution in [0.15, 0.2) is 47.7 Å². The quantitative estimate of drug-likeness (QED) is 0.837. The van der Waals surface area contributed by atoms with Crippen LogP contribution < -0.4 is 10.9 Å². The van der Waals surface area contributed by atoms with Crippen LogP contribution in [0.3, 0.4) is 0 Å². The molecule has 0 aliphatic carbocycles. The highest BCUT2D eigenvalue weighted by Crippen LogP contribution is 2.01. The summed E-state index contributed by atoms with van der Waals surface area (Å²) in [5.41, 5.74) is 1.33. The molecular weight excluding hydrogens is 226 g/mol. The number of aromatic nitrogens is 2. The summed E-state index contributed by atoms with van der Waals surface area (Å²) in [6, 6.07) is 7.35. The van der Waals surface area contributed by atoms with Gasteiger partial charge in [0, 0.05) is 44.3 Å². The predicted molar refractivity (Wildman–Crippen MR) is 72.5 cm³/mol. The first-order valence-corrected chi connectivity index (χ1v) is 6.30. The van der Waals surface area contributed by atoms with E-state index in [-0.39, 0.29) is 5.56 Å². The highest BCUT2D eigenvalue weighted by atomic mass is 16.1. The maximum atomic E-state index is 11.5. The fraction of sp³-hybridized carbons (Fsp3) is 0.357. The molecule has 2 aromatic rings. The Balaban J connectivity index is 1.92. The molecule has 0 atom stereocenters. The van der Waals surface area contributed by atoms with Gasteiger partial charge >= 0.3 is 0 Å². The van der Waals surface area contributed by atoms with E-state index in [2.05, 4.69) is 35.3 Å². The molecule has 2 rings (SSSR count). The van der Waals surface area contributed by atoms with Crippen LogP contribution in [0.4, 0.5) is 0 Å². The molecule has 0 aromatic carbocycles. The molecule has 2 aromatic heterocycles. The summed E-state index contributed by atoms with van der Waals surface area (Å²) < 4.78 is 3.84. The van der Waals surface area contributed by atoms with Crippen LogP contribution in [0.25, 0.3) is 0 Å². The van der Waals surface area contributed by atoms with E-state index in [0.717, 1.165) is 19.6 Å². The smallest absolute Gasteiger partial charge is 0.250 e. The Morgan fingerprint density at radius 1 is 1.17 bits per heavy atom. The normalized spacial score (nSPS) is 10.7. The van der Waals surface area contributed by atoms with Crippen molar-refractivity contribution in [1.82, 2.24) is 14.5 Å². The summed E-state index contributed by atoms with van der Waals surface area (Å²) in [5, 5.41) is 3.29. The summed E-state index contributed by atoms with van der Waals surface area (Å²) in [4.78, 5) is 11.5. The van der Waals surface area contributed by atoms with E-state index in [4.69, 9.17) is 0 Å². The predicted octanol–water partition coefficient (Wildman–Crippen LogP) is 1.46. The Kier molecular flexibility index (Phi) is 4.36. The van der Waals surface area contributed by atoms with Gasteiger partial charge in [-0.1, -0.05) is 13.0 Å². The van der Waals surface area contributed by atoms with Crippen molar-refractivity contribution in [3.63, 3.8) is 0 Å². The average Bonchev–Trinajstić information content (AvgIpc) is 2.83. The number of aryl methyl sites for hydroxylation is 2. The molecular formula is C14H19N3O. The van der Waals surface area contributed by atoms with Gasteiger partial charge in [-0.25, -0.2) is 0 Å². The van der Waals surface area contributed by atoms with Gasteiger partial charge in [-0.05, 0) is 24.2 Å². The molecule has 0 aliphatic heterocycles. The minimum atomic E-state index is 0.0533. The van der Waals surface area contributed by atoms with Crippen LogP contribution in [-0.4, -0.2) is 15.7 Å². The number of pyridine rings is 1. The molecule has 1 N–H and O–H groups in total.